The summed E-state index contributed by atoms with van der Waals surface area (Å²) in [5.74, 6) is -0.496. The largest absolute Gasteiger partial charge is 1.00 e. The monoisotopic (exact) mass is 180 g/mol. The Morgan fingerprint density at radius 3 is 2.73 bits per heavy atom. The van der Waals surface area contributed by atoms with Gasteiger partial charge in [-0.3, -0.25) is 4.79 Å². The molecule has 0 saturated carbocycles. The standard InChI is InChI=1S/C6H5ClN2O.Na.H/c7-5-3-4(6(8)10)1-2-9-5;;/h1-3H,(H2,8,10);;/q;+1;-1. The normalized spacial score (nSPS) is 8.45. The average Bonchev–Trinajstić information content (AvgIpc) is 1.88. The number of rotatable bonds is 1. The molecule has 11 heavy (non-hydrogen) atoms. The van der Waals surface area contributed by atoms with Gasteiger partial charge in [-0.15, -0.1) is 0 Å². The zero-order valence-electron chi connectivity index (χ0n) is 7.04. The molecule has 1 rings (SSSR count). The van der Waals surface area contributed by atoms with Gasteiger partial charge in [-0.2, -0.15) is 0 Å². The Bertz CT molecular complexity index is 271. The number of carbonyl (C=O) groups excluding carboxylic acids is 1. The first-order valence-electron chi connectivity index (χ1n) is 2.61. The van der Waals surface area contributed by atoms with Crippen molar-refractivity contribution in [2.45, 2.75) is 0 Å². The third-order valence-electron chi connectivity index (χ3n) is 1.01. The van der Waals surface area contributed by atoms with Crippen molar-refractivity contribution in [3.63, 3.8) is 0 Å². The van der Waals surface area contributed by atoms with Gasteiger partial charge in [-0.25, -0.2) is 4.98 Å². The van der Waals surface area contributed by atoms with Crippen LogP contribution < -0.4 is 35.3 Å². The van der Waals surface area contributed by atoms with Gasteiger partial charge >= 0.3 is 29.6 Å². The topological polar surface area (TPSA) is 56.0 Å². The number of pyridine rings is 1. The summed E-state index contributed by atoms with van der Waals surface area (Å²) in [4.78, 5) is 14.2. The van der Waals surface area contributed by atoms with E-state index in [-0.39, 0.29) is 36.1 Å². The van der Waals surface area contributed by atoms with E-state index in [0.717, 1.165) is 0 Å². The summed E-state index contributed by atoms with van der Waals surface area (Å²) >= 11 is 5.47. The molecular weight excluding hydrogens is 175 g/mol. The zero-order valence-corrected chi connectivity index (χ0v) is 8.80. The number of carbonyl (C=O) groups is 1. The number of amides is 1. The number of nitrogens with two attached hydrogens (primary N) is 1. The molecule has 3 nitrogen and oxygen atoms in total. The average molecular weight is 181 g/mol. The predicted molar refractivity (Wildman–Crippen MR) is 38.9 cm³/mol. The van der Waals surface area contributed by atoms with Crippen molar-refractivity contribution in [2.75, 3.05) is 0 Å². The number of hydrogen-bond acceptors (Lipinski definition) is 2. The molecule has 0 radical (unpaired) electrons. The number of halogens is 1. The van der Waals surface area contributed by atoms with Crippen LogP contribution in [0.4, 0.5) is 0 Å². The van der Waals surface area contributed by atoms with Crippen LogP contribution in [0.1, 0.15) is 11.8 Å². The molecule has 0 aliphatic carbocycles. The molecule has 0 aliphatic heterocycles. The van der Waals surface area contributed by atoms with Gasteiger partial charge in [0.25, 0.3) is 0 Å². The molecule has 54 valence electrons. The Morgan fingerprint density at radius 2 is 2.36 bits per heavy atom. The fourth-order valence-corrected chi connectivity index (χ4v) is 0.730. The van der Waals surface area contributed by atoms with Crippen LogP contribution in [0.25, 0.3) is 0 Å². The molecule has 0 aliphatic rings. The number of hydrogen-bond donors (Lipinski definition) is 1. The predicted octanol–water partition coefficient (Wildman–Crippen LogP) is -2.05. The van der Waals surface area contributed by atoms with E-state index < -0.39 is 5.91 Å². The molecule has 1 heterocycles. The van der Waals surface area contributed by atoms with E-state index in [1.807, 2.05) is 0 Å². The van der Waals surface area contributed by atoms with E-state index >= 15 is 0 Å². The quantitative estimate of drug-likeness (QED) is 0.400. The van der Waals surface area contributed by atoms with Gasteiger partial charge in [0.1, 0.15) is 5.15 Å². The number of primary amides is 1. The minimum atomic E-state index is -0.496. The van der Waals surface area contributed by atoms with Crippen LogP contribution in [0.2, 0.25) is 5.15 Å². The van der Waals surface area contributed by atoms with Crippen molar-refractivity contribution in [2.24, 2.45) is 5.73 Å². The molecular formula is C6H6ClN2NaO. The smallest absolute Gasteiger partial charge is 1.00 e. The van der Waals surface area contributed by atoms with E-state index in [4.69, 9.17) is 17.3 Å². The molecule has 0 spiro atoms. The summed E-state index contributed by atoms with van der Waals surface area (Å²) in [5, 5.41) is 0.274. The molecule has 0 saturated heterocycles. The Hall–Kier alpha value is -0.0900. The fraction of sp³-hybridized carbons (Fsp3) is 0. The third kappa shape index (κ3) is 3.20. The molecule has 0 fully saturated rings. The van der Waals surface area contributed by atoms with Gasteiger partial charge in [-0.05, 0) is 12.1 Å². The summed E-state index contributed by atoms with van der Waals surface area (Å²) in [6, 6.07) is 2.93. The minimum absolute atomic E-state index is 0. The first kappa shape index (κ1) is 10.9. The molecule has 0 atom stereocenters. The van der Waals surface area contributed by atoms with Gasteiger partial charge < -0.3 is 7.16 Å². The van der Waals surface area contributed by atoms with Crippen molar-refractivity contribution in [1.29, 1.82) is 0 Å². The van der Waals surface area contributed by atoms with Crippen molar-refractivity contribution >= 4 is 17.5 Å². The van der Waals surface area contributed by atoms with Gasteiger partial charge in [0.15, 0.2) is 0 Å². The Kier molecular flexibility index (Phi) is 4.68. The zero-order chi connectivity index (χ0) is 7.56. The summed E-state index contributed by atoms with van der Waals surface area (Å²) < 4.78 is 0. The van der Waals surface area contributed by atoms with Crippen LogP contribution in [0.5, 0.6) is 0 Å². The van der Waals surface area contributed by atoms with Crippen molar-refractivity contribution < 1.29 is 35.8 Å². The molecule has 1 aromatic rings. The van der Waals surface area contributed by atoms with Gasteiger partial charge in [-0.1, -0.05) is 11.6 Å². The summed E-state index contributed by atoms with van der Waals surface area (Å²) in [7, 11) is 0. The molecule has 0 unspecified atom stereocenters. The van der Waals surface area contributed by atoms with Crippen LogP contribution in [-0.4, -0.2) is 10.9 Å². The van der Waals surface area contributed by atoms with Gasteiger partial charge in [0.05, 0.1) is 0 Å². The maximum Gasteiger partial charge on any atom is 1.00 e. The SMILES string of the molecule is NC(=O)c1ccnc(Cl)c1.[H-].[Na+]. The van der Waals surface area contributed by atoms with E-state index in [0.29, 0.717) is 5.56 Å². The molecule has 1 aromatic heterocycles. The van der Waals surface area contributed by atoms with Crippen molar-refractivity contribution in [3.8, 4) is 0 Å². The first-order valence-corrected chi connectivity index (χ1v) is 2.99. The maximum atomic E-state index is 10.5. The van der Waals surface area contributed by atoms with Crippen LogP contribution in [-0.2, 0) is 0 Å². The van der Waals surface area contributed by atoms with Crippen molar-refractivity contribution in [3.05, 3.63) is 29.0 Å². The third-order valence-corrected chi connectivity index (χ3v) is 1.22. The van der Waals surface area contributed by atoms with E-state index in [1.54, 1.807) is 0 Å². The molecule has 1 amide bonds. The minimum Gasteiger partial charge on any atom is -1.00 e. The first-order chi connectivity index (χ1) is 4.70. The maximum absolute atomic E-state index is 10.5. The number of aromatic nitrogens is 1. The molecule has 5 heteroatoms. The van der Waals surface area contributed by atoms with E-state index in [1.165, 1.54) is 18.3 Å². The van der Waals surface area contributed by atoms with Crippen LogP contribution in [0, 0.1) is 0 Å². The summed E-state index contributed by atoms with van der Waals surface area (Å²) in [5.41, 5.74) is 5.33. The Balaban J connectivity index is 0. The van der Waals surface area contributed by atoms with E-state index in [2.05, 4.69) is 4.98 Å². The molecule has 0 bridgehead atoms. The molecule has 2 N–H and O–H groups in total. The second-order valence-corrected chi connectivity index (χ2v) is 2.12. The Labute approximate surface area is 92.7 Å². The van der Waals surface area contributed by atoms with Crippen molar-refractivity contribution in [1.82, 2.24) is 4.98 Å². The fourth-order valence-electron chi connectivity index (χ4n) is 0.556. The van der Waals surface area contributed by atoms with E-state index in [9.17, 15) is 4.79 Å². The number of nitrogens with zero attached hydrogens (tertiary/aromatic N) is 1. The van der Waals surface area contributed by atoms with Gasteiger partial charge in [0.2, 0.25) is 5.91 Å². The second kappa shape index (κ2) is 4.72. The Morgan fingerprint density at radius 1 is 1.73 bits per heavy atom. The van der Waals surface area contributed by atoms with Crippen LogP contribution in [0.15, 0.2) is 18.3 Å². The van der Waals surface area contributed by atoms with Crippen LogP contribution in [0.3, 0.4) is 0 Å². The molecule has 0 aromatic carbocycles. The van der Waals surface area contributed by atoms with Crippen LogP contribution >= 0.6 is 11.6 Å². The second-order valence-electron chi connectivity index (χ2n) is 1.73. The summed E-state index contributed by atoms with van der Waals surface area (Å²) in [6.45, 7) is 0. The van der Waals surface area contributed by atoms with Gasteiger partial charge in [0, 0.05) is 11.8 Å². The summed E-state index contributed by atoms with van der Waals surface area (Å²) in [6.07, 6.45) is 1.43.